The molecule has 2 rings (SSSR count). The van der Waals surface area contributed by atoms with E-state index in [4.69, 9.17) is 11.6 Å². The second-order valence-corrected chi connectivity index (χ2v) is 13.5. The van der Waals surface area contributed by atoms with Gasteiger partial charge in [-0.1, -0.05) is 129 Å². The number of aromatic amines is 1. The molecule has 35 heavy (non-hydrogen) atoms. The lowest BCUT2D eigenvalue weighted by atomic mass is 9.96. The topological polar surface area (TPSA) is 80.1 Å². The van der Waals surface area contributed by atoms with Crippen LogP contribution in [0.5, 0.6) is 0 Å². The molecule has 2 aromatic heterocycles. The van der Waals surface area contributed by atoms with Crippen LogP contribution in [0.2, 0.25) is 5.02 Å². The molecule has 1 N–H and O–H groups in total. The first-order valence-electron chi connectivity index (χ1n) is 14.0. The molecule has 0 saturated heterocycles. The van der Waals surface area contributed by atoms with Crippen LogP contribution < -0.4 is 0 Å². The first-order valence-corrected chi connectivity index (χ1v) is 16.2. The van der Waals surface area contributed by atoms with Gasteiger partial charge in [-0.25, -0.2) is 8.42 Å². The minimum absolute atomic E-state index is 0.0508. The molecule has 0 aliphatic heterocycles. The number of H-pyrrole nitrogens is 1. The lowest BCUT2D eigenvalue weighted by Crippen LogP contribution is -2.32. The molecule has 0 fully saturated rings. The molecule has 0 bridgehead atoms. The van der Waals surface area contributed by atoms with Gasteiger partial charge in [-0.15, -0.1) is 0 Å². The summed E-state index contributed by atoms with van der Waals surface area (Å²) in [6.45, 7) is 7.90. The molecule has 2 aromatic rings. The van der Waals surface area contributed by atoms with Crippen LogP contribution in [0.1, 0.15) is 135 Å². The van der Waals surface area contributed by atoms with E-state index < -0.39 is 15.3 Å². The summed E-state index contributed by atoms with van der Waals surface area (Å²) in [7, 11) is -3.18. The van der Waals surface area contributed by atoms with Gasteiger partial charge in [0.1, 0.15) is 5.02 Å². The number of hydrogen-bond acceptors (Lipinski definition) is 4. The summed E-state index contributed by atoms with van der Waals surface area (Å²) < 4.78 is 27.2. The number of nitrogens with zero attached hydrogens (tertiary/aromatic N) is 3. The first-order chi connectivity index (χ1) is 16.7. The Morgan fingerprint density at radius 1 is 0.829 bits per heavy atom. The molecule has 8 heteroatoms. The lowest BCUT2D eigenvalue weighted by Gasteiger charge is -2.21. The van der Waals surface area contributed by atoms with Crippen LogP contribution >= 0.6 is 11.6 Å². The Labute approximate surface area is 218 Å². The fraction of sp³-hybridized carbons (Fsp3) is 0.852. The molecule has 0 aliphatic carbocycles. The van der Waals surface area contributed by atoms with Crippen LogP contribution in [0.15, 0.2) is 0 Å². The van der Waals surface area contributed by atoms with Crippen molar-refractivity contribution in [3.8, 4) is 0 Å². The van der Waals surface area contributed by atoms with Crippen molar-refractivity contribution in [1.82, 2.24) is 19.8 Å². The molecule has 0 saturated carbocycles. The predicted octanol–water partition coefficient (Wildman–Crippen LogP) is 7.97. The van der Waals surface area contributed by atoms with Crippen molar-refractivity contribution >= 4 is 27.1 Å². The van der Waals surface area contributed by atoms with Crippen LogP contribution in [0, 0.1) is 6.92 Å². The Kier molecular flexibility index (Phi) is 13.1. The Balaban J connectivity index is 1.53. The monoisotopic (exact) mass is 528 g/mol. The largest absolute Gasteiger partial charge is 0.258 e. The number of aryl methyl sites for hydroxylation is 1. The number of halogens is 1. The van der Waals surface area contributed by atoms with Crippen LogP contribution in [-0.4, -0.2) is 39.7 Å². The third-order valence-electron chi connectivity index (χ3n) is 6.95. The quantitative estimate of drug-likeness (QED) is 0.177. The van der Waals surface area contributed by atoms with Crippen molar-refractivity contribution in [3.63, 3.8) is 0 Å². The van der Waals surface area contributed by atoms with Crippen LogP contribution in [0.3, 0.4) is 0 Å². The zero-order valence-electron chi connectivity index (χ0n) is 22.7. The number of aromatic nitrogens is 4. The normalized spacial score (nSPS) is 12.7. The van der Waals surface area contributed by atoms with E-state index in [0.717, 1.165) is 19.3 Å². The fourth-order valence-electron chi connectivity index (χ4n) is 4.91. The summed E-state index contributed by atoms with van der Waals surface area (Å²) in [6.07, 6.45) is 20.5. The molecular formula is C27H49ClN4O2S. The number of fused-ring (bicyclic) bond motifs is 1. The average Bonchev–Trinajstić information content (AvgIpc) is 3.33. The molecular weight excluding hydrogens is 480 g/mol. The molecule has 0 atom stereocenters. The average molecular weight is 529 g/mol. The van der Waals surface area contributed by atoms with Gasteiger partial charge in [0.05, 0.1) is 17.2 Å². The SMILES string of the molecule is CCCCCCCCCCCCCCCCCCS(=O)(=O)CC(C)(C)c1n[nH]c2c(Cl)c(C)nn12. The zero-order chi connectivity index (χ0) is 25.7. The van der Waals surface area contributed by atoms with Crippen molar-refractivity contribution in [2.75, 3.05) is 11.5 Å². The van der Waals surface area contributed by atoms with E-state index in [0.29, 0.717) is 22.2 Å². The van der Waals surface area contributed by atoms with Gasteiger partial charge in [0, 0.05) is 5.41 Å². The van der Waals surface area contributed by atoms with E-state index in [1.807, 2.05) is 20.8 Å². The Bertz CT molecular complexity index is 965. The highest BCUT2D eigenvalue weighted by Crippen LogP contribution is 2.28. The lowest BCUT2D eigenvalue weighted by molar-refractivity contribution is 0.508. The van der Waals surface area contributed by atoms with Gasteiger partial charge < -0.3 is 0 Å². The van der Waals surface area contributed by atoms with Crippen LogP contribution in [0.25, 0.3) is 5.65 Å². The number of unbranched alkanes of at least 4 members (excludes halogenated alkanes) is 15. The standard InChI is InChI=1S/C27H49ClN4O2S/c1-5-6-7-8-9-10-11-12-13-14-15-16-17-18-19-20-21-35(33,34)22-27(3,4)26-30-29-25-24(28)23(2)31-32(25)26/h29H,5-22H2,1-4H3. The summed E-state index contributed by atoms with van der Waals surface area (Å²) >= 11 is 6.25. The van der Waals surface area contributed by atoms with E-state index in [9.17, 15) is 8.42 Å². The van der Waals surface area contributed by atoms with E-state index >= 15 is 0 Å². The third-order valence-corrected chi connectivity index (χ3v) is 9.48. The highest BCUT2D eigenvalue weighted by atomic mass is 35.5. The van der Waals surface area contributed by atoms with Gasteiger partial charge in [0.2, 0.25) is 0 Å². The second-order valence-electron chi connectivity index (χ2n) is 11.0. The summed E-state index contributed by atoms with van der Waals surface area (Å²) in [6, 6.07) is 0. The zero-order valence-corrected chi connectivity index (χ0v) is 24.2. The molecule has 6 nitrogen and oxygen atoms in total. The third kappa shape index (κ3) is 10.4. The van der Waals surface area contributed by atoms with Crippen molar-refractivity contribution in [1.29, 1.82) is 0 Å². The maximum absolute atomic E-state index is 12.8. The predicted molar refractivity (Wildman–Crippen MR) is 148 cm³/mol. The van der Waals surface area contributed by atoms with Gasteiger partial charge in [-0.2, -0.15) is 14.7 Å². The minimum Gasteiger partial charge on any atom is -0.258 e. The van der Waals surface area contributed by atoms with Crippen molar-refractivity contribution in [3.05, 3.63) is 16.5 Å². The minimum atomic E-state index is -3.18. The fourth-order valence-corrected chi connectivity index (χ4v) is 7.08. The summed E-state index contributed by atoms with van der Waals surface area (Å²) in [5, 5.41) is 12.2. The number of sulfone groups is 1. The van der Waals surface area contributed by atoms with E-state index in [1.54, 1.807) is 4.52 Å². The first kappa shape index (κ1) is 30.1. The maximum Gasteiger partial charge on any atom is 0.170 e. The summed E-state index contributed by atoms with van der Waals surface area (Å²) in [5.41, 5.74) is 0.657. The number of hydrogen-bond donors (Lipinski definition) is 1. The molecule has 0 unspecified atom stereocenters. The Morgan fingerprint density at radius 3 is 1.77 bits per heavy atom. The second kappa shape index (κ2) is 15.2. The van der Waals surface area contributed by atoms with E-state index in [1.165, 1.54) is 83.5 Å². The smallest absolute Gasteiger partial charge is 0.170 e. The molecule has 0 amide bonds. The van der Waals surface area contributed by atoms with E-state index in [2.05, 4.69) is 22.2 Å². The van der Waals surface area contributed by atoms with Gasteiger partial charge in [-0.3, -0.25) is 5.10 Å². The molecule has 202 valence electrons. The highest BCUT2D eigenvalue weighted by Gasteiger charge is 2.33. The van der Waals surface area contributed by atoms with Crippen molar-refractivity contribution < 1.29 is 8.42 Å². The molecule has 2 heterocycles. The van der Waals surface area contributed by atoms with E-state index in [-0.39, 0.29) is 11.5 Å². The maximum atomic E-state index is 12.8. The van der Waals surface area contributed by atoms with Crippen LogP contribution in [-0.2, 0) is 15.3 Å². The van der Waals surface area contributed by atoms with Crippen LogP contribution in [0.4, 0.5) is 0 Å². The van der Waals surface area contributed by atoms with Gasteiger partial charge in [-0.05, 0) is 13.3 Å². The Morgan fingerprint density at radius 2 is 1.29 bits per heavy atom. The summed E-state index contributed by atoms with van der Waals surface area (Å²) in [4.78, 5) is 0. The Hall–Kier alpha value is -1.08. The van der Waals surface area contributed by atoms with Crippen molar-refractivity contribution in [2.24, 2.45) is 0 Å². The van der Waals surface area contributed by atoms with Gasteiger partial charge >= 0.3 is 0 Å². The highest BCUT2D eigenvalue weighted by molar-refractivity contribution is 7.91. The molecule has 0 spiro atoms. The summed E-state index contributed by atoms with van der Waals surface area (Å²) in [5.74, 6) is 0.884. The number of rotatable bonds is 20. The molecule has 0 aromatic carbocycles. The van der Waals surface area contributed by atoms with Gasteiger partial charge in [0.15, 0.2) is 21.3 Å². The number of nitrogens with one attached hydrogen (secondary N) is 1. The van der Waals surface area contributed by atoms with Gasteiger partial charge in [0.25, 0.3) is 0 Å². The molecule has 0 aliphatic rings. The molecule has 0 radical (unpaired) electrons. The van der Waals surface area contributed by atoms with Crippen molar-refractivity contribution in [2.45, 2.75) is 136 Å².